The molecule has 0 amide bonds. The average molecular weight is 251 g/mol. The van der Waals surface area contributed by atoms with Gasteiger partial charge in [-0.25, -0.2) is 0 Å². The van der Waals surface area contributed by atoms with E-state index in [0.717, 1.165) is 16.6 Å². The molecule has 0 aliphatic heterocycles. The van der Waals surface area contributed by atoms with E-state index < -0.39 is 0 Å². The monoisotopic (exact) mass is 250 g/mol. The molecule has 3 nitrogen and oxygen atoms in total. The summed E-state index contributed by atoms with van der Waals surface area (Å²) in [5.41, 5.74) is 2.03. The van der Waals surface area contributed by atoms with Crippen LogP contribution in [-0.2, 0) is 4.74 Å². The Labute approximate surface area is 106 Å². The topological polar surface area (TPSA) is 34.1 Å². The van der Waals surface area contributed by atoms with Gasteiger partial charge in [-0.1, -0.05) is 18.2 Å². The minimum Gasteiger partial charge on any atom is -0.383 e. The van der Waals surface area contributed by atoms with Crippen LogP contribution in [0, 0.1) is 0 Å². The molecule has 1 aromatic heterocycles. The van der Waals surface area contributed by atoms with Crippen LogP contribution in [0.4, 0.5) is 5.69 Å². The molecule has 0 aliphatic rings. The van der Waals surface area contributed by atoms with Crippen molar-refractivity contribution in [2.45, 2.75) is 5.38 Å². The van der Waals surface area contributed by atoms with Gasteiger partial charge in [-0.2, -0.15) is 0 Å². The van der Waals surface area contributed by atoms with Gasteiger partial charge in [0, 0.05) is 30.9 Å². The van der Waals surface area contributed by atoms with Crippen molar-refractivity contribution in [2.75, 3.05) is 25.6 Å². The van der Waals surface area contributed by atoms with Crippen LogP contribution in [0.3, 0.4) is 0 Å². The van der Waals surface area contributed by atoms with Gasteiger partial charge in [0.15, 0.2) is 0 Å². The number of hydrogen-bond donors (Lipinski definition) is 1. The molecule has 1 unspecified atom stereocenters. The number of para-hydroxylation sites is 1. The molecule has 1 atom stereocenters. The van der Waals surface area contributed by atoms with Crippen LogP contribution >= 0.6 is 11.6 Å². The number of benzene rings is 1. The first kappa shape index (κ1) is 12.1. The van der Waals surface area contributed by atoms with Gasteiger partial charge in [0.2, 0.25) is 0 Å². The van der Waals surface area contributed by atoms with Crippen molar-refractivity contribution in [1.82, 2.24) is 4.98 Å². The van der Waals surface area contributed by atoms with Gasteiger partial charge in [0.25, 0.3) is 0 Å². The molecule has 1 heterocycles. The van der Waals surface area contributed by atoms with Gasteiger partial charge in [0.1, 0.15) is 0 Å². The van der Waals surface area contributed by atoms with Crippen LogP contribution in [-0.4, -0.2) is 30.6 Å². The predicted octanol–water partition coefficient (Wildman–Crippen LogP) is 2.90. The predicted molar refractivity (Wildman–Crippen MR) is 71.7 cm³/mol. The first-order chi connectivity index (χ1) is 8.31. The fourth-order valence-corrected chi connectivity index (χ4v) is 1.91. The zero-order chi connectivity index (χ0) is 12.1. The van der Waals surface area contributed by atoms with Gasteiger partial charge in [-0.05, 0) is 12.1 Å². The zero-order valence-electron chi connectivity index (χ0n) is 9.69. The van der Waals surface area contributed by atoms with Crippen molar-refractivity contribution < 1.29 is 4.74 Å². The summed E-state index contributed by atoms with van der Waals surface area (Å²) >= 11 is 6.08. The average Bonchev–Trinajstić information content (AvgIpc) is 2.36. The third-order valence-electron chi connectivity index (χ3n) is 2.51. The van der Waals surface area contributed by atoms with Crippen molar-refractivity contribution in [3.8, 4) is 0 Å². The molecule has 4 heteroatoms. The molecule has 0 radical (unpaired) electrons. The van der Waals surface area contributed by atoms with Gasteiger partial charge in [0.05, 0.1) is 17.5 Å². The van der Waals surface area contributed by atoms with E-state index in [4.69, 9.17) is 16.3 Å². The Hall–Kier alpha value is -1.32. The molecular formula is C13H15ClN2O. The maximum atomic E-state index is 6.08. The van der Waals surface area contributed by atoms with Gasteiger partial charge >= 0.3 is 0 Å². The lowest BCUT2D eigenvalue weighted by molar-refractivity contribution is 0.200. The molecule has 0 spiro atoms. The molecule has 0 bridgehead atoms. The number of fused-ring (bicyclic) bond motifs is 1. The second-order valence-electron chi connectivity index (χ2n) is 3.81. The van der Waals surface area contributed by atoms with E-state index in [0.29, 0.717) is 13.2 Å². The first-order valence-electron chi connectivity index (χ1n) is 5.52. The number of methoxy groups -OCH3 is 1. The molecule has 1 N–H and O–H groups in total. The molecular weight excluding hydrogens is 236 g/mol. The van der Waals surface area contributed by atoms with E-state index in [-0.39, 0.29) is 5.38 Å². The van der Waals surface area contributed by atoms with E-state index in [9.17, 15) is 0 Å². The third kappa shape index (κ3) is 3.08. The van der Waals surface area contributed by atoms with Crippen LogP contribution in [0.2, 0.25) is 0 Å². The summed E-state index contributed by atoms with van der Waals surface area (Å²) in [5, 5.41) is 4.39. The zero-order valence-corrected chi connectivity index (χ0v) is 10.4. The third-order valence-corrected chi connectivity index (χ3v) is 2.79. The maximum Gasteiger partial charge on any atom is 0.0741 e. The Morgan fingerprint density at radius 3 is 3.00 bits per heavy atom. The first-order valence-corrected chi connectivity index (χ1v) is 5.95. The fraction of sp³-hybridized carbons (Fsp3) is 0.308. The molecule has 17 heavy (non-hydrogen) atoms. The highest BCUT2D eigenvalue weighted by molar-refractivity contribution is 6.21. The lowest BCUT2D eigenvalue weighted by atomic mass is 10.2. The Kier molecular flexibility index (Phi) is 4.18. The number of nitrogens with zero attached hydrogens (tertiary/aromatic N) is 1. The largest absolute Gasteiger partial charge is 0.383 e. The number of halogens is 1. The molecule has 90 valence electrons. The van der Waals surface area contributed by atoms with Crippen LogP contribution < -0.4 is 5.32 Å². The minimum absolute atomic E-state index is 0.0353. The number of anilines is 1. The summed E-state index contributed by atoms with van der Waals surface area (Å²) < 4.78 is 5.00. The van der Waals surface area contributed by atoms with Gasteiger partial charge in [-0.15, -0.1) is 11.6 Å². The van der Waals surface area contributed by atoms with Gasteiger partial charge in [-0.3, -0.25) is 4.98 Å². The van der Waals surface area contributed by atoms with E-state index >= 15 is 0 Å². The van der Waals surface area contributed by atoms with Crippen molar-refractivity contribution in [3.05, 3.63) is 36.5 Å². The van der Waals surface area contributed by atoms with Crippen LogP contribution in [0.15, 0.2) is 36.5 Å². The van der Waals surface area contributed by atoms with Crippen molar-refractivity contribution in [3.63, 3.8) is 0 Å². The highest BCUT2D eigenvalue weighted by Gasteiger charge is 2.05. The van der Waals surface area contributed by atoms with E-state index in [1.165, 1.54) is 0 Å². The molecule has 0 saturated carbocycles. The Morgan fingerprint density at radius 2 is 2.18 bits per heavy atom. The molecule has 0 fully saturated rings. The van der Waals surface area contributed by atoms with Crippen LogP contribution in [0.1, 0.15) is 0 Å². The van der Waals surface area contributed by atoms with Crippen LogP contribution in [0.25, 0.3) is 10.9 Å². The fourth-order valence-electron chi connectivity index (χ4n) is 1.71. The van der Waals surface area contributed by atoms with E-state index in [1.54, 1.807) is 13.3 Å². The SMILES string of the molecule is COCC(Cl)CNc1ccnc2ccccc12. The number of hydrogen-bond acceptors (Lipinski definition) is 3. The Balaban J connectivity index is 2.13. The number of nitrogens with one attached hydrogen (secondary N) is 1. The second kappa shape index (κ2) is 5.84. The summed E-state index contributed by atoms with van der Waals surface area (Å²) in [6, 6.07) is 9.98. The summed E-state index contributed by atoms with van der Waals surface area (Å²) in [4.78, 5) is 4.31. The summed E-state index contributed by atoms with van der Waals surface area (Å²) in [5.74, 6) is 0. The highest BCUT2D eigenvalue weighted by Crippen LogP contribution is 2.20. The second-order valence-corrected chi connectivity index (χ2v) is 4.43. The summed E-state index contributed by atoms with van der Waals surface area (Å²) in [7, 11) is 1.65. The molecule has 2 rings (SSSR count). The van der Waals surface area contributed by atoms with E-state index in [2.05, 4.69) is 10.3 Å². The molecule has 0 saturated heterocycles. The number of aromatic nitrogens is 1. The van der Waals surface area contributed by atoms with Crippen LogP contribution in [0.5, 0.6) is 0 Å². The smallest absolute Gasteiger partial charge is 0.0741 e. The Bertz CT molecular complexity index is 484. The van der Waals surface area contributed by atoms with E-state index in [1.807, 2.05) is 30.3 Å². The van der Waals surface area contributed by atoms with Crippen molar-refractivity contribution in [1.29, 1.82) is 0 Å². The number of rotatable bonds is 5. The maximum absolute atomic E-state index is 6.08. The lowest BCUT2D eigenvalue weighted by Crippen LogP contribution is -2.19. The van der Waals surface area contributed by atoms with Crippen molar-refractivity contribution in [2.24, 2.45) is 0 Å². The quantitative estimate of drug-likeness (QED) is 0.829. The standard InChI is InChI=1S/C13H15ClN2O/c1-17-9-10(14)8-16-13-6-7-15-12-5-3-2-4-11(12)13/h2-7,10H,8-9H2,1H3,(H,15,16). The molecule has 1 aromatic carbocycles. The van der Waals surface area contributed by atoms with Gasteiger partial charge < -0.3 is 10.1 Å². The number of alkyl halides is 1. The lowest BCUT2D eigenvalue weighted by Gasteiger charge is -2.12. The number of ether oxygens (including phenoxy) is 1. The molecule has 2 aromatic rings. The Morgan fingerprint density at radius 1 is 1.35 bits per heavy atom. The summed E-state index contributed by atoms with van der Waals surface area (Å²) in [6.45, 7) is 1.21. The number of pyridine rings is 1. The highest BCUT2D eigenvalue weighted by atomic mass is 35.5. The molecule has 0 aliphatic carbocycles. The van der Waals surface area contributed by atoms with Crippen molar-refractivity contribution >= 4 is 28.2 Å². The normalized spacial score (nSPS) is 12.6. The summed E-state index contributed by atoms with van der Waals surface area (Å²) in [6.07, 6.45) is 1.80. The minimum atomic E-state index is -0.0353.